The van der Waals surface area contributed by atoms with Gasteiger partial charge in [0.2, 0.25) is 0 Å². The third kappa shape index (κ3) is 8.94. The summed E-state index contributed by atoms with van der Waals surface area (Å²) in [4.78, 5) is 0. The van der Waals surface area contributed by atoms with E-state index in [2.05, 4.69) is 0 Å². The molecule has 0 unspecified atom stereocenters. The molecule has 0 amide bonds. The molecule has 0 aliphatic rings. The van der Waals surface area contributed by atoms with E-state index in [1.807, 2.05) is 0 Å². The van der Waals surface area contributed by atoms with E-state index in [1.165, 1.54) is 0 Å². The molecule has 0 aromatic heterocycles. The molecule has 0 fully saturated rings. The second kappa shape index (κ2) is 19.5. The Bertz CT molecular complexity index is 6.00. The van der Waals surface area contributed by atoms with E-state index in [1.54, 1.807) is 0 Å². The Morgan fingerprint density at radius 3 is 0.750 bits per heavy atom. The van der Waals surface area contributed by atoms with Gasteiger partial charge in [0, 0.05) is 0 Å². The van der Waals surface area contributed by atoms with Crippen LogP contribution < -0.4 is 4.70 Å². The van der Waals surface area contributed by atoms with E-state index in [0.29, 0.717) is 0 Å². The van der Waals surface area contributed by atoms with Crippen molar-refractivity contribution in [1.29, 1.82) is 0 Å². The molecule has 0 atom stereocenters. The van der Waals surface area contributed by atoms with Gasteiger partial charge in [0.25, 0.3) is 0 Å². The monoisotopic (exact) mass is 213 g/mol. The van der Waals surface area contributed by atoms with Crippen LogP contribution in [0.5, 0.6) is 0 Å². The zero-order valence-electron chi connectivity index (χ0n) is 1.94. The summed E-state index contributed by atoms with van der Waals surface area (Å²) in [5.74, 6) is 0. The van der Waals surface area contributed by atoms with Crippen molar-refractivity contribution < 1.29 is 75.6 Å². The molecular weight excluding hydrogens is 213 g/mol. The van der Waals surface area contributed by atoms with Crippen LogP contribution in [0.15, 0.2) is 0 Å². The van der Waals surface area contributed by atoms with Crippen LogP contribution >= 0.6 is 0 Å². The van der Waals surface area contributed by atoms with Crippen molar-refractivity contribution in [2.24, 2.45) is 0 Å². The van der Waals surface area contributed by atoms with Crippen molar-refractivity contribution in [3.05, 3.63) is 0 Å². The maximum atomic E-state index is 0. The first-order valence-electron chi connectivity index (χ1n) is 0. The molecule has 0 spiro atoms. The van der Waals surface area contributed by atoms with Crippen LogP contribution in [-0.2, 0) is 70.9 Å². The first-order chi connectivity index (χ1) is 0. The molecular formula is FOY2+3. The molecule has 0 aromatic carbocycles. The molecule has 16 valence electrons. The van der Waals surface area contributed by atoms with Crippen LogP contribution in [0.3, 0.4) is 0 Å². The largest absolute Gasteiger partial charge is 3.00 e. The number of hydrogen-bond donors (Lipinski definition) is 0. The average Bonchev–Trinajstić information content (AvgIpc) is 0. The van der Waals surface area contributed by atoms with Gasteiger partial charge in [0.15, 0.2) is 0 Å². The summed E-state index contributed by atoms with van der Waals surface area (Å²) in [5.41, 5.74) is 0. The molecule has 0 radical (unpaired) electrons. The average molecular weight is 213 g/mol. The summed E-state index contributed by atoms with van der Waals surface area (Å²) in [6.07, 6.45) is 0. The quantitative estimate of drug-likeness (QED) is 0.407. The summed E-state index contributed by atoms with van der Waals surface area (Å²) in [6, 6.07) is 0. The molecule has 4 heteroatoms. The van der Waals surface area contributed by atoms with E-state index >= 15 is 0 Å². The topological polar surface area (TPSA) is 28.5 Å². The standard InChI is InChI=1S/FH.O.2Y/h1H;;;/q;-2;2*+3/p-1. The molecule has 0 saturated carbocycles. The Morgan fingerprint density at radius 2 is 0.750 bits per heavy atom. The van der Waals surface area contributed by atoms with E-state index < -0.39 is 0 Å². The Kier molecular flexibility index (Phi) is 175. The fourth-order valence-corrected chi connectivity index (χ4v) is 0. The summed E-state index contributed by atoms with van der Waals surface area (Å²) < 4.78 is 0. The summed E-state index contributed by atoms with van der Waals surface area (Å²) in [7, 11) is 0. The van der Waals surface area contributed by atoms with Gasteiger partial charge in [-0.3, -0.25) is 0 Å². The molecule has 0 heterocycles. The maximum Gasteiger partial charge on any atom is 3.00 e. The fourth-order valence-electron chi connectivity index (χ4n) is 0. The number of hydrogen-bond acceptors (Lipinski definition) is 0. The Hall–Kier alpha value is 2.10. The zero-order chi connectivity index (χ0) is 0. The fraction of sp³-hybridized carbons (Fsp3) is 0. The Morgan fingerprint density at radius 1 is 0.750 bits per heavy atom. The Balaban J connectivity index is 0. The Labute approximate surface area is 74.3 Å². The second-order valence-corrected chi connectivity index (χ2v) is 0. The minimum Gasteiger partial charge on any atom is -2.00 e. The predicted octanol–water partition coefficient (Wildman–Crippen LogP) is -3.12. The van der Waals surface area contributed by atoms with Crippen LogP contribution in [0.1, 0.15) is 0 Å². The van der Waals surface area contributed by atoms with Gasteiger partial charge in [-0.05, 0) is 0 Å². The molecule has 0 aromatic rings. The second-order valence-electron chi connectivity index (χ2n) is 0. The molecule has 0 aliphatic carbocycles. The summed E-state index contributed by atoms with van der Waals surface area (Å²) >= 11 is 0. The molecule has 4 heavy (non-hydrogen) atoms. The van der Waals surface area contributed by atoms with Crippen LogP contribution in [0.4, 0.5) is 0 Å². The van der Waals surface area contributed by atoms with Crippen LogP contribution in [-0.4, -0.2) is 0 Å². The van der Waals surface area contributed by atoms with Gasteiger partial charge in [-0.2, -0.15) is 0 Å². The maximum absolute atomic E-state index is 0. The van der Waals surface area contributed by atoms with Crippen LogP contribution in [0.2, 0.25) is 0 Å². The van der Waals surface area contributed by atoms with E-state index in [4.69, 9.17) is 0 Å². The van der Waals surface area contributed by atoms with Crippen molar-refractivity contribution in [2.75, 3.05) is 0 Å². The predicted molar refractivity (Wildman–Crippen MR) is 0.686 cm³/mol. The van der Waals surface area contributed by atoms with Gasteiger partial charge in [-0.1, -0.05) is 0 Å². The molecule has 0 saturated heterocycles. The van der Waals surface area contributed by atoms with Crippen molar-refractivity contribution >= 4 is 0 Å². The van der Waals surface area contributed by atoms with Gasteiger partial charge in [0.05, 0.1) is 0 Å². The third-order valence-corrected chi connectivity index (χ3v) is 0. The van der Waals surface area contributed by atoms with E-state index in [0.717, 1.165) is 0 Å². The van der Waals surface area contributed by atoms with Crippen molar-refractivity contribution in [2.45, 2.75) is 0 Å². The molecule has 0 N–H and O–H groups in total. The first kappa shape index (κ1) is 36.0. The smallest absolute Gasteiger partial charge is 2.00 e. The SMILES string of the molecule is [F-].[O-2].[Y+3].[Y+3]. The first-order valence-corrected chi connectivity index (χ1v) is 0. The number of rotatable bonds is 0. The molecule has 0 aliphatic heterocycles. The van der Waals surface area contributed by atoms with E-state index in [9.17, 15) is 0 Å². The van der Waals surface area contributed by atoms with Gasteiger partial charge < -0.3 is 10.2 Å². The minimum atomic E-state index is 0. The van der Waals surface area contributed by atoms with Crippen LogP contribution in [0, 0.1) is 0 Å². The molecule has 1 nitrogen and oxygen atoms in total. The van der Waals surface area contributed by atoms with Crippen molar-refractivity contribution in [3.63, 3.8) is 0 Å². The van der Waals surface area contributed by atoms with Crippen molar-refractivity contribution in [1.82, 2.24) is 0 Å². The normalized spacial score (nSPS) is 0. The van der Waals surface area contributed by atoms with Crippen LogP contribution in [0.25, 0.3) is 0 Å². The van der Waals surface area contributed by atoms with Gasteiger partial charge in [-0.15, -0.1) is 0 Å². The van der Waals surface area contributed by atoms with Gasteiger partial charge in [-0.25, -0.2) is 0 Å². The van der Waals surface area contributed by atoms with Gasteiger partial charge >= 0.3 is 65.4 Å². The van der Waals surface area contributed by atoms with E-state index in [-0.39, 0.29) is 75.6 Å². The third-order valence-electron chi connectivity index (χ3n) is 0. The molecule has 0 rings (SSSR count). The molecule has 0 bridgehead atoms. The summed E-state index contributed by atoms with van der Waals surface area (Å²) in [5, 5.41) is 0. The van der Waals surface area contributed by atoms with Gasteiger partial charge in [0.1, 0.15) is 0 Å². The zero-order valence-corrected chi connectivity index (χ0v) is 7.62. The number of halogens is 1. The minimum absolute atomic E-state index is 0. The van der Waals surface area contributed by atoms with Crippen molar-refractivity contribution in [3.8, 4) is 0 Å². The summed E-state index contributed by atoms with van der Waals surface area (Å²) in [6.45, 7) is 0.